The van der Waals surface area contributed by atoms with Crippen molar-refractivity contribution in [2.75, 3.05) is 13.6 Å². The summed E-state index contributed by atoms with van der Waals surface area (Å²) in [6, 6.07) is 0. The van der Waals surface area contributed by atoms with E-state index < -0.39 is 10.0 Å². The van der Waals surface area contributed by atoms with Crippen molar-refractivity contribution in [2.45, 2.75) is 38.4 Å². The van der Waals surface area contributed by atoms with Crippen molar-refractivity contribution >= 4 is 10.0 Å². The van der Waals surface area contributed by atoms with E-state index in [1.165, 1.54) is 4.31 Å². The molecule has 92 valence electrons. The standard InChI is InChI=1S/C12H21NO2S/c1-4-5-10-13(3)16(14,15)12-8-6-11(2)7-9-12/h6-8,12H,4-5,9-10H2,1-3H3. The minimum absolute atomic E-state index is 0.377. The Morgan fingerprint density at radius 3 is 2.69 bits per heavy atom. The third-order valence-electron chi connectivity index (χ3n) is 2.89. The Morgan fingerprint density at radius 2 is 2.19 bits per heavy atom. The maximum absolute atomic E-state index is 12.1. The van der Waals surface area contributed by atoms with Crippen molar-refractivity contribution in [1.29, 1.82) is 0 Å². The number of hydrogen-bond acceptors (Lipinski definition) is 2. The molecule has 3 nitrogen and oxygen atoms in total. The Kier molecular flexibility index (Phi) is 4.74. The molecule has 0 radical (unpaired) electrons. The molecule has 0 aromatic rings. The highest BCUT2D eigenvalue weighted by atomic mass is 32.2. The Hall–Kier alpha value is -0.610. The highest BCUT2D eigenvalue weighted by Crippen LogP contribution is 2.19. The molecule has 0 amide bonds. The molecule has 0 aromatic carbocycles. The smallest absolute Gasteiger partial charge is 0.212 e. The number of nitrogens with zero attached hydrogens (tertiary/aromatic N) is 1. The molecule has 1 rings (SSSR count). The van der Waals surface area contributed by atoms with E-state index in [1.54, 1.807) is 13.1 Å². The molecule has 0 spiro atoms. The lowest BCUT2D eigenvalue weighted by Crippen LogP contribution is -2.36. The Balaban J connectivity index is 2.68. The molecular weight excluding hydrogens is 222 g/mol. The fourth-order valence-electron chi connectivity index (χ4n) is 1.67. The van der Waals surface area contributed by atoms with E-state index in [0.717, 1.165) is 18.4 Å². The zero-order valence-electron chi connectivity index (χ0n) is 10.3. The normalized spacial score (nSPS) is 21.2. The van der Waals surface area contributed by atoms with Gasteiger partial charge in [-0.15, -0.1) is 0 Å². The lowest BCUT2D eigenvalue weighted by molar-refractivity contribution is 0.453. The first-order valence-electron chi connectivity index (χ1n) is 5.78. The van der Waals surface area contributed by atoms with Gasteiger partial charge in [0.05, 0.1) is 5.25 Å². The van der Waals surface area contributed by atoms with E-state index >= 15 is 0 Å². The van der Waals surface area contributed by atoms with Crippen LogP contribution in [0.25, 0.3) is 0 Å². The number of allylic oxidation sites excluding steroid dienone is 3. The first-order chi connectivity index (χ1) is 7.48. The lowest BCUT2D eigenvalue weighted by Gasteiger charge is -2.23. The van der Waals surface area contributed by atoms with Crippen LogP contribution in [-0.4, -0.2) is 31.6 Å². The predicted octanol–water partition coefficient (Wildman–Crippen LogP) is 2.32. The van der Waals surface area contributed by atoms with Gasteiger partial charge >= 0.3 is 0 Å². The van der Waals surface area contributed by atoms with E-state index in [9.17, 15) is 8.42 Å². The maximum Gasteiger partial charge on any atom is 0.220 e. The van der Waals surface area contributed by atoms with Crippen LogP contribution < -0.4 is 0 Å². The van der Waals surface area contributed by atoms with Crippen LogP contribution in [0.15, 0.2) is 23.8 Å². The van der Waals surface area contributed by atoms with Crippen LogP contribution >= 0.6 is 0 Å². The molecule has 0 saturated heterocycles. The summed E-state index contributed by atoms with van der Waals surface area (Å²) in [6.07, 6.45) is 8.20. The molecule has 1 unspecified atom stereocenters. The summed E-state index contributed by atoms with van der Waals surface area (Å²) in [5.74, 6) is 0. The van der Waals surface area contributed by atoms with E-state index in [4.69, 9.17) is 0 Å². The van der Waals surface area contributed by atoms with Crippen molar-refractivity contribution in [3.8, 4) is 0 Å². The Morgan fingerprint density at radius 1 is 1.50 bits per heavy atom. The average molecular weight is 243 g/mol. The number of sulfonamides is 1. The molecule has 0 fully saturated rings. The second kappa shape index (κ2) is 5.64. The van der Waals surface area contributed by atoms with Crippen molar-refractivity contribution in [3.63, 3.8) is 0 Å². The first kappa shape index (κ1) is 13.5. The topological polar surface area (TPSA) is 37.4 Å². The van der Waals surface area contributed by atoms with Gasteiger partial charge in [0.2, 0.25) is 10.0 Å². The Bertz CT molecular complexity index is 382. The average Bonchev–Trinajstić information content (AvgIpc) is 2.26. The number of rotatable bonds is 5. The summed E-state index contributed by atoms with van der Waals surface area (Å²) in [5.41, 5.74) is 1.14. The molecule has 0 saturated carbocycles. The highest BCUT2D eigenvalue weighted by molar-refractivity contribution is 7.89. The summed E-state index contributed by atoms with van der Waals surface area (Å²) >= 11 is 0. The van der Waals surface area contributed by atoms with E-state index in [0.29, 0.717) is 13.0 Å². The van der Waals surface area contributed by atoms with Crippen molar-refractivity contribution in [2.24, 2.45) is 0 Å². The summed E-state index contributed by atoms with van der Waals surface area (Å²) in [4.78, 5) is 0. The van der Waals surface area contributed by atoms with Gasteiger partial charge in [0, 0.05) is 13.6 Å². The SMILES string of the molecule is CCCCN(C)S(=O)(=O)C1C=CC(C)=CC1. The van der Waals surface area contributed by atoms with Crippen LogP contribution in [0, 0.1) is 0 Å². The molecule has 4 heteroatoms. The summed E-state index contributed by atoms with van der Waals surface area (Å²) < 4.78 is 25.8. The molecule has 1 aliphatic carbocycles. The van der Waals surface area contributed by atoms with Crippen LogP contribution in [0.5, 0.6) is 0 Å². The van der Waals surface area contributed by atoms with Gasteiger partial charge < -0.3 is 0 Å². The van der Waals surface area contributed by atoms with Gasteiger partial charge in [-0.25, -0.2) is 12.7 Å². The largest absolute Gasteiger partial charge is 0.220 e. The third kappa shape index (κ3) is 3.19. The molecule has 0 bridgehead atoms. The van der Waals surface area contributed by atoms with Gasteiger partial charge in [-0.3, -0.25) is 0 Å². The van der Waals surface area contributed by atoms with E-state index in [-0.39, 0.29) is 5.25 Å². The van der Waals surface area contributed by atoms with Gasteiger partial charge in [-0.1, -0.05) is 37.1 Å². The van der Waals surface area contributed by atoms with Gasteiger partial charge in [-0.2, -0.15) is 0 Å². The van der Waals surface area contributed by atoms with Crippen LogP contribution in [0.1, 0.15) is 33.1 Å². The summed E-state index contributed by atoms with van der Waals surface area (Å²) in [7, 11) is -1.49. The fourth-order valence-corrected chi connectivity index (χ4v) is 3.13. The van der Waals surface area contributed by atoms with Crippen LogP contribution in [0.4, 0.5) is 0 Å². The molecule has 0 aliphatic heterocycles. The Labute approximate surface area is 98.9 Å². The van der Waals surface area contributed by atoms with Crippen LogP contribution in [0.3, 0.4) is 0 Å². The molecule has 16 heavy (non-hydrogen) atoms. The van der Waals surface area contributed by atoms with Crippen molar-refractivity contribution in [1.82, 2.24) is 4.31 Å². The lowest BCUT2D eigenvalue weighted by atomic mass is 10.1. The molecule has 0 heterocycles. The number of hydrogen-bond donors (Lipinski definition) is 0. The summed E-state index contributed by atoms with van der Waals surface area (Å²) in [6.45, 7) is 4.67. The van der Waals surface area contributed by atoms with Crippen molar-refractivity contribution < 1.29 is 8.42 Å². The second-order valence-corrected chi connectivity index (χ2v) is 6.56. The zero-order chi connectivity index (χ0) is 12.2. The zero-order valence-corrected chi connectivity index (χ0v) is 11.1. The molecular formula is C12H21NO2S. The van der Waals surface area contributed by atoms with E-state index in [1.807, 2.05) is 19.1 Å². The van der Waals surface area contributed by atoms with Gasteiger partial charge in [-0.05, 0) is 19.8 Å². The monoisotopic (exact) mass is 243 g/mol. The van der Waals surface area contributed by atoms with Crippen molar-refractivity contribution in [3.05, 3.63) is 23.8 Å². The molecule has 1 atom stereocenters. The molecule has 0 N–H and O–H groups in total. The van der Waals surface area contributed by atoms with Crippen LogP contribution in [0.2, 0.25) is 0 Å². The van der Waals surface area contributed by atoms with E-state index in [2.05, 4.69) is 6.92 Å². The van der Waals surface area contributed by atoms with Gasteiger partial charge in [0.15, 0.2) is 0 Å². The minimum Gasteiger partial charge on any atom is -0.212 e. The molecule has 1 aliphatic rings. The first-order valence-corrected chi connectivity index (χ1v) is 7.29. The predicted molar refractivity (Wildman–Crippen MR) is 67.8 cm³/mol. The van der Waals surface area contributed by atoms with Gasteiger partial charge in [0.1, 0.15) is 0 Å². The quantitative estimate of drug-likeness (QED) is 0.743. The minimum atomic E-state index is -3.16. The second-order valence-electron chi connectivity index (χ2n) is 4.30. The summed E-state index contributed by atoms with van der Waals surface area (Å²) in [5, 5.41) is -0.377. The van der Waals surface area contributed by atoms with Crippen LogP contribution in [-0.2, 0) is 10.0 Å². The third-order valence-corrected chi connectivity index (χ3v) is 5.06. The maximum atomic E-state index is 12.1. The highest BCUT2D eigenvalue weighted by Gasteiger charge is 2.27. The van der Waals surface area contributed by atoms with Gasteiger partial charge in [0.25, 0.3) is 0 Å². The number of unbranched alkanes of at least 4 members (excludes halogenated alkanes) is 1. The fraction of sp³-hybridized carbons (Fsp3) is 0.667. The molecule has 0 aromatic heterocycles.